The first-order valence-corrected chi connectivity index (χ1v) is 11.7. The van der Waals surface area contributed by atoms with Gasteiger partial charge < -0.3 is 14.8 Å². The molecule has 2 aliphatic rings. The van der Waals surface area contributed by atoms with Crippen LogP contribution >= 0.6 is 0 Å². The molecule has 7 nitrogen and oxygen atoms in total. The molecule has 2 aromatic carbocycles. The number of carbonyl (C=O) groups is 1. The Balaban J connectivity index is 1.57. The Labute approximate surface area is 177 Å². The molecule has 0 bridgehead atoms. The first-order chi connectivity index (χ1) is 14.4. The lowest BCUT2D eigenvalue weighted by Gasteiger charge is -2.21. The second-order valence-corrected chi connectivity index (χ2v) is 9.52. The fourth-order valence-corrected chi connectivity index (χ4v) is 5.53. The Morgan fingerprint density at radius 2 is 1.63 bits per heavy atom. The van der Waals surface area contributed by atoms with E-state index in [1.807, 2.05) is 0 Å². The third-order valence-corrected chi connectivity index (χ3v) is 7.47. The molecule has 0 radical (unpaired) electrons. The van der Waals surface area contributed by atoms with Gasteiger partial charge in [-0.15, -0.1) is 0 Å². The van der Waals surface area contributed by atoms with Gasteiger partial charge in [-0.2, -0.15) is 4.31 Å². The molecule has 160 valence electrons. The summed E-state index contributed by atoms with van der Waals surface area (Å²) >= 11 is 0. The number of nitrogens with zero attached hydrogens (tertiary/aromatic N) is 1. The summed E-state index contributed by atoms with van der Waals surface area (Å²) < 4.78 is 39.0. The normalized spacial score (nSPS) is 17.2. The van der Waals surface area contributed by atoms with Crippen LogP contribution in [0.25, 0.3) is 0 Å². The van der Waals surface area contributed by atoms with Crippen LogP contribution in [0.3, 0.4) is 0 Å². The van der Waals surface area contributed by atoms with Crippen LogP contribution in [-0.4, -0.2) is 44.9 Å². The fraction of sp³-hybridized carbons (Fsp3) is 0.409. The largest absolute Gasteiger partial charge is 0.486 e. The molecule has 8 heteroatoms. The highest BCUT2D eigenvalue weighted by molar-refractivity contribution is 7.89. The highest BCUT2D eigenvalue weighted by Gasteiger charge is 2.27. The third kappa shape index (κ3) is 4.29. The molecule has 0 unspecified atom stereocenters. The van der Waals surface area contributed by atoms with Crippen molar-refractivity contribution in [3.63, 3.8) is 0 Å². The van der Waals surface area contributed by atoms with E-state index in [9.17, 15) is 13.2 Å². The number of amides is 1. The van der Waals surface area contributed by atoms with Gasteiger partial charge in [0.25, 0.3) is 5.91 Å². The first-order valence-electron chi connectivity index (χ1n) is 10.3. The molecule has 2 heterocycles. The summed E-state index contributed by atoms with van der Waals surface area (Å²) in [5, 5.41) is 2.81. The quantitative estimate of drug-likeness (QED) is 0.801. The standard InChI is InChI=1S/C22H26N2O5S/c1-16-6-7-17(14-21(16)30(26,27)24-10-4-2-3-5-11-24)22(25)23-18-8-9-19-20(15-18)29-13-12-28-19/h6-9,14-15H,2-5,10-13H2,1H3,(H,23,25). The van der Waals surface area contributed by atoms with E-state index in [0.717, 1.165) is 25.7 Å². The average molecular weight is 431 g/mol. The van der Waals surface area contributed by atoms with Crippen molar-refractivity contribution in [2.75, 3.05) is 31.6 Å². The second kappa shape index (κ2) is 8.65. The van der Waals surface area contributed by atoms with Crippen molar-refractivity contribution in [3.05, 3.63) is 47.5 Å². The van der Waals surface area contributed by atoms with Gasteiger partial charge in [0.2, 0.25) is 10.0 Å². The molecule has 0 saturated carbocycles. The highest BCUT2D eigenvalue weighted by Crippen LogP contribution is 2.33. The lowest BCUT2D eigenvalue weighted by molar-refractivity contribution is 0.102. The fourth-order valence-electron chi connectivity index (χ4n) is 3.76. The minimum atomic E-state index is -3.64. The number of aryl methyl sites for hydroxylation is 1. The monoisotopic (exact) mass is 430 g/mol. The van der Waals surface area contributed by atoms with Crippen molar-refractivity contribution in [1.29, 1.82) is 0 Å². The zero-order valence-corrected chi connectivity index (χ0v) is 17.8. The van der Waals surface area contributed by atoms with Crippen LogP contribution in [0.2, 0.25) is 0 Å². The first kappa shape index (κ1) is 20.7. The van der Waals surface area contributed by atoms with Crippen LogP contribution in [0.5, 0.6) is 11.5 Å². The number of carbonyl (C=O) groups excluding carboxylic acids is 1. The Morgan fingerprint density at radius 3 is 2.37 bits per heavy atom. The number of sulfonamides is 1. The number of nitrogens with one attached hydrogen (secondary N) is 1. The van der Waals surface area contributed by atoms with Crippen LogP contribution in [0.4, 0.5) is 5.69 Å². The number of rotatable bonds is 4. The molecular weight excluding hydrogens is 404 g/mol. The van der Waals surface area contributed by atoms with E-state index in [-0.39, 0.29) is 10.8 Å². The van der Waals surface area contributed by atoms with Crippen molar-refractivity contribution in [1.82, 2.24) is 4.31 Å². The molecule has 1 N–H and O–H groups in total. The Morgan fingerprint density at radius 1 is 0.933 bits per heavy atom. The second-order valence-electron chi connectivity index (χ2n) is 7.61. The number of anilines is 1. The number of hydrogen-bond acceptors (Lipinski definition) is 5. The summed E-state index contributed by atoms with van der Waals surface area (Å²) in [5.41, 5.74) is 1.49. The predicted molar refractivity (Wildman–Crippen MR) is 114 cm³/mol. The zero-order chi connectivity index (χ0) is 21.1. The Hall–Kier alpha value is -2.58. The summed E-state index contributed by atoms with van der Waals surface area (Å²) in [5.74, 6) is 0.840. The molecule has 1 amide bonds. The smallest absolute Gasteiger partial charge is 0.255 e. The Kier molecular flexibility index (Phi) is 5.97. The van der Waals surface area contributed by atoms with Gasteiger partial charge in [-0.05, 0) is 49.6 Å². The van der Waals surface area contributed by atoms with Crippen LogP contribution < -0.4 is 14.8 Å². The lowest BCUT2D eigenvalue weighted by atomic mass is 10.1. The van der Waals surface area contributed by atoms with Gasteiger partial charge in [0.1, 0.15) is 13.2 Å². The maximum atomic E-state index is 13.2. The SMILES string of the molecule is Cc1ccc(C(=O)Nc2ccc3c(c2)OCCO3)cc1S(=O)(=O)N1CCCCCC1. The predicted octanol–water partition coefficient (Wildman–Crippen LogP) is 3.58. The van der Waals surface area contributed by atoms with Gasteiger partial charge in [0, 0.05) is 30.4 Å². The van der Waals surface area contributed by atoms with Crippen molar-refractivity contribution < 1.29 is 22.7 Å². The van der Waals surface area contributed by atoms with E-state index < -0.39 is 10.0 Å². The zero-order valence-electron chi connectivity index (χ0n) is 17.0. The van der Waals surface area contributed by atoms with E-state index in [1.54, 1.807) is 41.6 Å². The lowest BCUT2D eigenvalue weighted by Crippen LogP contribution is -2.32. The summed E-state index contributed by atoms with van der Waals surface area (Å²) in [6.07, 6.45) is 3.82. The van der Waals surface area contributed by atoms with Crippen molar-refractivity contribution >= 4 is 21.6 Å². The molecule has 0 atom stereocenters. The molecule has 4 rings (SSSR count). The molecule has 2 aromatic rings. The number of benzene rings is 2. The molecule has 1 fully saturated rings. The average Bonchev–Trinajstić information content (AvgIpc) is 3.04. The molecule has 1 saturated heterocycles. The minimum absolute atomic E-state index is 0.194. The van der Waals surface area contributed by atoms with E-state index in [1.165, 1.54) is 6.07 Å². The number of hydrogen-bond donors (Lipinski definition) is 1. The molecule has 0 aromatic heterocycles. The highest BCUT2D eigenvalue weighted by atomic mass is 32.2. The third-order valence-electron chi connectivity index (χ3n) is 5.43. The van der Waals surface area contributed by atoms with Crippen LogP contribution in [0, 0.1) is 6.92 Å². The van der Waals surface area contributed by atoms with Crippen molar-refractivity contribution in [3.8, 4) is 11.5 Å². The van der Waals surface area contributed by atoms with Crippen LogP contribution in [0.1, 0.15) is 41.6 Å². The maximum absolute atomic E-state index is 13.2. The van der Waals surface area contributed by atoms with E-state index in [2.05, 4.69) is 5.32 Å². The summed E-state index contributed by atoms with van der Waals surface area (Å²) in [4.78, 5) is 13.0. The van der Waals surface area contributed by atoms with Gasteiger partial charge >= 0.3 is 0 Å². The van der Waals surface area contributed by atoms with Gasteiger partial charge in [0.05, 0.1) is 4.90 Å². The van der Waals surface area contributed by atoms with Crippen molar-refractivity contribution in [2.45, 2.75) is 37.5 Å². The van der Waals surface area contributed by atoms with Crippen LogP contribution in [0.15, 0.2) is 41.3 Å². The molecule has 0 spiro atoms. The molecular formula is C22H26N2O5S. The van der Waals surface area contributed by atoms with E-state index in [4.69, 9.17) is 9.47 Å². The molecule has 30 heavy (non-hydrogen) atoms. The Bertz CT molecular complexity index is 1040. The summed E-state index contributed by atoms with van der Waals surface area (Å²) in [6, 6.07) is 9.98. The number of ether oxygens (including phenoxy) is 2. The maximum Gasteiger partial charge on any atom is 0.255 e. The van der Waals surface area contributed by atoms with Gasteiger partial charge in [-0.3, -0.25) is 4.79 Å². The summed E-state index contributed by atoms with van der Waals surface area (Å²) in [7, 11) is -3.64. The van der Waals surface area contributed by atoms with Gasteiger partial charge in [-0.1, -0.05) is 18.9 Å². The van der Waals surface area contributed by atoms with Gasteiger partial charge in [-0.25, -0.2) is 8.42 Å². The minimum Gasteiger partial charge on any atom is -0.486 e. The topological polar surface area (TPSA) is 84.9 Å². The van der Waals surface area contributed by atoms with Gasteiger partial charge in [0.15, 0.2) is 11.5 Å². The van der Waals surface area contributed by atoms with E-state index >= 15 is 0 Å². The summed E-state index contributed by atoms with van der Waals surface area (Å²) in [6.45, 7) is 3.76. The van der Waals surface area contributed by atoms with Crippen LogP contribution in [-0.2, 0) is 10.0 Å². The molecule has 0 aliphatic carbocycles. The van der Waals surface area contributed by atoms with Crippen molar-refractivity contribution in [2.24, 2.45) is 0 Å². The molecule has 2 aliphatic heterocycles. The number of fused-ring (bicyclic) bond motifs is 1. The van der Waals surface area contributed by atoms with E-state index in [0.29, 0.717) is 54.6 Å².